The van der Waals surface area contributed by atoms with Crippen molar-refractivity contribution in [1.29, 1.82) is 0 Å². The molecule has 0 spiro atoms. The van der Waals surface area contributed by atoms with Gasteiger partial charge in [-0.3, -0.25) is 0 Å². The van der Waals surface area contributed by atoms with Crippen LogP contribution in [0, 0.1) is 13.8 Å². The van der Waals surface area contributed by atoms with Gasteiger partial charge in [0, 0.05) is 11.1 Å². The molecule has 2 aromatic rings. The van der Waals surface area contributed by atoms with Crippen LogP contribution in [0.3, 0.4) is 0 Å². The third-order valence-electron chi connectivity index (χ3n) is 10.7. The summed E-state index contributed by atoms with van der Waals surface area (Å²) >= 11 is 0. The van der Waals surface area contributed by atoms with Crippen molar-refractivity contribution in [2.24, 2.45) is 0 Å². The molecule has 2 aromatic carbocycles. The zero-order valence-corrected chi connectivity index (χ0v) is 45.6. The maximum Gasteiger partial charge on any atom is 2.00 e. The summed E-state index contributed by atoms with van der Waals surface area (Å²) in [5.41, 5.74) is -0.145. The number of carboxylic acids is 2. The molecule has 0 fully saturated rings. The maximum atomic E-state index is 11.9. The van der Waals surface area contributed by atoms with Crippen LogP contribution in [0.1, 0.15) is 262 Å². The summed E-state index contributed by atoms with van der Waals surface area (Å²) in [5, 5.41) is 22.0. The van der Waals surface area contributed by atoms with E-state index in [4.69, 9.17) is 9.47 Å². The molecule has 0 saturated carbocycles. The summed E-state index contributed by atoms with van der Waals surface area (Å²) in [7, 11) is 0. The molecule has 0 unspecified atom stereocenters. The first-order valence-electron chi connectivity index (χ1n) is 26.0. The fourth-order valence-corrected chi connectivity index (χ4v) is 6.63. The maximum absolute atomic E-state index is 11.9. The Hall–Kier alpha value is -3.40. The van der Waals surface area contributed by atoms with Crippen LogP contribution in [0.15, 0.2) is 72.8 Å². The third-order valence-corrected chi connectivity index (χ3v) is 10.7. The second kappa shape index (κ2) is 53.6. The minimum absolute atomic E-state index is 0. The second-order valence-corrected chi connectivity index (χ2v) is 16.8. The number of esters is 2. The molecule has 0 N–H and O–H groups in total. The van der Waals surface area contributed by atoms with Gasteiger partial charge in [-0.1, -0.05) is 244 Å². The van der Waals surface area contributed by atoms with E-state index in [1.165, 1.54) is 153 Å². The summed E-state index contributed by atoms with van der Waals surface area (Å²) in [5.74, 6) is -3.93. The van der Waals surface area contributed by atoms with Crippen LogP contribution in [0.4, 0.5) is 0 Å². The van der Waals surface area contributed by atoms with E-state index in [0.29, 0.717) is 13.2 Å². The van der Waals surface area contributed by atoms with Gasteiger partial charge in [0.1, 0.15) is 0 Å². The SMILES string of the molecule is CCCC/C=C/CCCCCCCOC(=O)c1ccccc1C(=O)[O-].CCCC/C=C/CCCCCCCOC(=O)c1ccccc1C(=O)[O-].[CH2]CCCCCCC.[CH2]CCCCCCC.[Sn+2]. The Morgan fingerprint density at radius 1 is 0.403 bits per heavy atom. The van der Waals surface area contributed by atoms with Crippen molar-refractivity contribution < 1.29 is 38.9 Å². The van der Waals surface area contributed by atoms with Crippen molar-refractivity contribution >= 4 is 47.8 Å². The van der Waals surface area contributed by atoms with Gasteiger partial charge < -0.3 is 29.3 Å². The molecule has 8 nitrogen and oxygen atoms in total. The number of hydrogen-bond acceptors (Lipinski definition) is 8. The van der Waals surface area contributed by atoms with Crippen molar-refractivity contribution in [2.75, 3.05) is 13.2 Å². The molecule has 0 heterocycles. The van der Waals surface area contributed by atoms with Crippen LogP contribution in [0.5, 0.6) is 0 Å². The standard InChI is InChI=1S/2C21H30O4.2C8H17.Sn/c2*1-2-3-4-5-6-7-8-9-10-11-14-17-25-21(24)19-16-13-12-15-18(19)20(22)23;2*1-3-5-7-8-6-4-2;/h2*5-6,12-13,15-16H,2-4,7-11,14,17H2,1H3,(H,22,23);2*1,3-8H2,2H3;/q;;;;+2/p-2/b2*6-5+;;;. The zero-order chi connectivity index (χ0) is 49.1. The predicted octanol–water partition coefficient (Wildman–Crippen LogP) is 14.6. The number of carboxylic acid groups (broad SMARTS) is 2. The molecular weight excluding hydrogens is 943 g/mol. The minimum atomic E-state index is -1.36. The van der Waals surface area contributed by atoms with Gasteiger partial charge in [0.25, 0.3) is 0 Å². The molecule has 67 heavy (non-hydrogen) atoms. The fraction of sp³-hybridized carbons (Fsp3) is 0.621. The fourth-order valence-electron chi connectivity index (χ4n) is 6.63. The molecule has 0 aliphatic heterocycles. The number of allylic oxidation sites excluding steroid dienone is 4. The summed E-state index contributed by atoms with van der Waals surface area (Å²) in [6.07, 6.45) is 45.3. The van der Waals surface area contributed by atoms with Crippen LogP contribution in [0.2, 0.25) is 0 Å². The first kappa shape index (κ1) is 67.9. The molecule has 0 aromatic heterocycles. The van der Waals surface area contributed by atoms with E-state index in [1.807, 2.05) is 0 Å². The van der Waals surface area contributed by atoms with Crippen LogP contribution < -0.4 is 10.2 Å². The van der Waals surface area contributed by atoms with Crippen molar-refractivity contribution in [3.63, 3.8) is 0 Å². The molecular formula is C58H92O8Sn. The number of benzene rings is 2. The Balaban J connectivity index is -0.000000914. The number of rotatable bonds is 36. The van der Waals surface area contributed by atoms with E-state index >= 15 is 0 Å². The molecule has 4 radical (unpaired) electrons. The summed E-state index contributed by atoms with van der Waals surface area (Å²) in [6, 6.07) is 11.9. The predicted molar refractivity (Wildman–Crippen MR) is 278 cm³/mol. The monoisotopic (exact) mass is 1040 g/mol. The smallest absolute Gasteiger partial charge is 0.545 e. The number of aromatic carboxylic acids is 2. The van der Waals surface area contributed by atoms with Crippen molar-refractivity contribution in [3.8, 4) is 0 Å². The van der Waals surface area contributed by atoms with E-state index in [1.54, 1.807) is 24.3 Å². The van der Waals surface area contributed by atoms with Gasteiger partial charge in [0.15, 0.2) is 0 Å². The number of hydrogen-bond donors (Lipinski definition) is 0. The molecule has 0 aliphatic rings. The molecule has 0 aliphatic carbocycles. The topological polar surface area (TPSA) is 133 Å². The Bertz CT molecular complexity index is 1380. The summed E-state index contributed by atoms with van der Waals surface area (Å²) in [6.45, 7) is 17.1. The zero-order valence-electron chi connectivity index (χ0n) is 42.7. The van der Waals surface area contributed by atoms with Crippen LogP contribution >= 0.6 is 0 Å². The van der Waals surface area contributed by atoms with Crippen molar-refractivity contribution in [3.05, 3.63) is 109 Å². The van der Waals surface area contributed by atoms with Crippen LogP contribution in [-0.2, 0) is 9.47 Å². The van der Waals surface area contributed by atoms with E-state index < -0.39 is 23.9 Å². The van der Waals surface area contributed by atoms with Crippen molar-refractivity contribution in [2.45, 2.75) is 220 Å². The first-order chi connectivity index (χ1) is 32.2. The van der Waals surface area contributed by atoms with Gasteiger partial charge in [-0.25, -0.2) is 9.59 Å². The second-order valence-electron chi connectivity index (χ2n) is 16.8. The molecule has 0 atom stereocenters. The average Bonchev–Trinajstić information content (AvgIpc) is 3.33. The van der Waals surface area contributed by atoms with E-state index in [0.717, 1.165) is 64.2 Å². The molecule has 0 bridgehead atoms. The average molecular weight is 1040 g/mol. The quantitative estimate of drug-likeness (QED) is 0.0285. The van der Waals surface area contributed by atoms with Gasteiger partial charge in [0.2, 0.25) is 0 Å². The number of ether oxygens (including phenoxy) is 2. The van der Waals surface area contributed by atoms with Gasteiger partial charge in [-0.15, -0.1) is 0 Å². The number of carbonyl (C=O) groups excluding carboxylic acids is 4. The summed E-state index contributed by atoms with van der Waals surface area (Å²) < 4.78 is 10.3. The Labute approximate surface area is 426 Å². The van der Waals surface area contributed by atoms with Crippen molar-refractivity contribution in [1.82, 2.24) is 0 Å². The minimum Gasteiger partial charge on any atom is -0.545 e. The molecule has 9 heteroatoms. The van der Waals surface area contributed by atoms with Crippen LogP contribution in [-0.4, -0.2) is 61.0 Å². The summed E-state index contributed by atoms with van der Waals surface area (Å²) in [4.78, 5) is 45.8. The largest absolute Gasteiger partial charge is 2.00 e. The Kier molecular flexibility index (Phi) is 54.2. The molecule has 2 rings (SSSR count). The number of unbranched alkanes of at least 4 members (excludes halogenated alkanes) is 24. The third kappa shape index (κ3) is 43.6. The number of carbonyl (C=O) groups is 4. The normalized spacial score (nSPS) is 10.5. The Morgan fingerprint density at radius 2 is 0.672 bits per heavy atom. The van der Waals surface area contributed by atoms with Gasteiger partial charge in [0.05, 0.1) is 36.3 Å². The van der Waals surface area contributed by atoms with E-state index in [-0.39, 0.29) is 46.2 Å². The van der Waals surface area contributed by atoms with E-state index in [9.17, 15) is 29.4 Å². The van der Waals surface area contributed by atoms with Crippen LogP contribution in [0.25, 0.3) is 0 Å². The van der Waals surface area contributed by atoms with Gasteiger partial charge in [-0.05, 0) is 63.5 Å². The molecule has 376 valence electrons. The van der Waals surface area contributed by atoms with Gasteiger partial charge >= 0.3 is 35.8 Å². The van der Waals surface area contributed by atoms with E-state index in [2.05, 4.69) is 65.8 Å². The Morgan fingerprint density at radius 3 is 0.985 bits per heavy atom. The van der Waals surface area contributed by atoms with Gasteiger partial charge in [-0.2, -0.15) is 0 Å². The first-order valence-corrected chi connectivity index (χ1v) is 26.0. The molecule has 0 amide bonds. The molecule has 0 saturated heterocycles.